The van der Waals surface area contributed by atoms with E-state index >= 15 is 0 Å². The average molecular weight is 408 g/mol. The summed E-state index contributed by atoms with van der Waals surface area (Å²) in [4.78, 5) is 14.4. The van der Waals surface area contributed by atoms with E-state index in [0.29, 0.717) is 24.8 Å². The molecule has 2 heterocycles. The van der Waals surface area contributed by atoms with Crippen molar-refractivity contribution in [2.75, 3.05) is 24.5 Å². The molecule has 5 nitrogen and oxygen atoms in total. The van der Waals surface area contributed by atoms with Crippen LogP contribution in [0, 0.1) is 5.92 Å². The zero-order chi connectivity index (χ0) is 18.7. The van der Waals surface area contributed by atoms with Gasteiger partial charge in [0, 0.05) is 42.8 Å². The molecule has 0 radical (unpaired) electrons. The predicted octanol–water partition coefficient (Wildman–Crippen LogP) is 3.09. The second-order valence-electron chi connectivity index (χ2n) is 7.06. The SMILES string of the molecule is C[C@H]1C[C@@H](C(=O)NC2CCN(c3cccc(OC(F)(F)F)c3)C2)CCN1.Cl. The molecule has 0 spiro atoms. The van der Waals surface area contributed by atoms with Gasteiger partial charge in [-0.25, -0.2) is 0 Å². The number of benzene rings is 1. The fourth-order valence-electron chi connectivity index (χ4n) is 3.68. The highest BCUT2D eigenvalue weighted by Gasteiger charge is 2.32. The van der Waals surface area contributed by atoms with Crippen molar-refractivity contribution < 1.29 is 22.7 Å². The zero-order valence-corrected chi connectivity index (χ0v) is 15.9. The molecular weight excluding hydrogens is 383 g/mol. The topological polar surface area (TPSA) is 53.6 Å². The van der Waals surface area contributed by atoms with Crippen molar-refractivity contribution in [1.82, 2.24) is 10.6 Å². The highest BCUT2D eigenvalue weighted by atomic mass is 35.5. The lowest BCUT2D eigenvalue weighted by atomic mass is 9.92. The van der Waals surface area contributed by atoms with Crippen molar-refractivity contribution in [3.8, 4) is 5.75 Å². The summed E-state index contributed by atoms with van der Waals surface area (Å²) >= 11 is 0. The maximum Gasteiger partial charge on any atom is 0.573 e. The molecule has 2 N–H and O–H groups in total. The summed E-state index contributed by atoms with van der Waals surface area (Å²) < 4.78 is 41.1. The molecule has 0 bridgehead atoms. The Labute approximate surface area is 163 Å². The van der Waals surface area contributed by atoms with Crippen LogP contribution >= 0.6 is 12.4 Å². The molecule has 2 fully saturated rings. The van der Waals surface area contributed by atoms with E-state index in [1.807, 2.05) is 4.90 Å². The quantitative estimate of drug-likeness (QED) is 0.805. The van der Waals surface area contributed by atoms with Crippen molar-refractivity contribution in [3.63, 3.8) is 0 Å². The Balaban J connectivity index is 0.00000261. The number of alkyl halides is 3. The van der Waals surface area contributed by atoms with E-state index in [9.17, 15) is 18.0 Å². The number of carbonyl (C=O) groups excluding carboxylic acids is 1. The fourth-order valence-corrected chi connectivity index (χ4v) is 3.68. The Morgan fingerprint density at radius 3 is 2.81 bits per heavy atom. The minimum absolute atomic E-state index is 0. The van der Waals surface area contributed by atoms with Gasteiger partial charge in [0.05, 0.1) is 0 Å². The van der Waals surface area contributed by atoms with Crippen molar-refractivity contribution >= 4 is 24.0 Å². The van der Waals surface area contributed by atoms with Gasteiger partial charge in [-0.2, -0.15) is 0 Å². The summed E-state index contributed by atoms with van der Waals surface area (Å²) in [6.45, 7) is 4.19. The molecule has 2 saturated heterocycles. The van der Waals surface area contributed by atoms with Gasteiger partial charge in [-0.3, -0.25) is 4.79 Å². The first-order chi connectivity index (χ1) is 12.3. The number of ether oxygens (including phenoxy) is 1. The van der Waals surface area contributed by atoms with Crippen molar-refractivity contribution in [2.45, 2.75) is 44.6 Å². The molecule has 3 atom stereocenters. The summed E-state index contributed by atoms with van der Waals surface area (Å²) in [5.41, 5.74) is 0.666. The lowest BCUT2D eigenvalue weighted by molar-refractivity contribution is -0.274. The number of halogens is 4. The maximum atomic E-state index is 12.5. The van der Waals surface area contributed by atoms with Crippen molar-refractivity contribution in [2.24, 2.45) is 5.92 Å². The highest BCUT2D eigenvalue weighted by molar-refractivity contribution is 5.85. The number of hydrogen-bond acceptors (Lipinski definition) is 4. The third kappa shape index (κ3) is 6.17. The molecule has 0 aromatic heterocycles. The molecule has 1 aromatic carbocycles. The number of carbonyl (C=O) groups is 1. The first kappa shape index (κ1) is 21.6. The minimum atomic E-state index is -4.70. The Hall–Kier alpha value is -1.67. The monoisotopic (exact) mass is 407 g/mol. The van der Waals surface area contributed by atoms with Gasteiger partial charge in [0.25, 0.3) is 0 Å². The standard InChI is InChI=1S/C18H24F3N3O2.ClH/c1-12-9-13(5-7-22-12)17(25)23-14-6-8-24(11-14)15-3-2-4-16(10-15)26-18(19,20)21;/h2-4,10,12-14,22H,5-9,11H2,1H3,(H,23,25);1H/t12-,13-,14?;/m0./s1. The summed E-state index contributed by atoms with van der Waals surface area (Å²) in [6.07, 6.45) is -2.26. The van der Waals surface area contributed by atoms with Gasteiger partial charge in [0.1, 0.15) is 5.75 Å². The molecule has 2 aliphatic heterocycles. The third-order valence-electron chi connectivity index (χ3n) is 4.95. The van der Waals surface area contributed by atoms with Crippen LogP contribution in [0.3, 0.4) is 0 Å². The van der Waals surface area contributed by atoms with E-state index in [1.54, 1.807) is 12.1 Å². The van der Waals surface area contributed by atoms with E-state index in [0.717, 1.165) is 25.8 Å². The fraction of sp³-hybridized carbons (Fsp3) is 0.611. The van der Waals surface area contributed by atoms with Gasteiger partial charge >= 0.3 is 6.36 Å². The molecule has 1 amide bonds. The third-order valence-corrected chi connectivity index (χ3v) is 4.95. The molecule has 1 unspecified atom stereocenters. The van der Waals surface area contributed by atoms with Gasteiger partial charge in [0.15, 0.2) is 0 Å². The maximum absolute atomic E-state index is 12.5. The number of anilines is 1. The summed E-state index contributed by atoms with van der Waals surface area (Å²) in [6, 6.07) is 6.31. The molecule has 0 saturated carbocycles. The van der Waals surface area contributed by atoms with Crippen LogP contribution in [0.25, 0.3) is 0 Å². The molecule has 1 aromatic rings. The van der Waals surface area contributed by atoms with E-state index in [1.165, 1.54) is 12.1 Å². The van der Waals surface area contributed by atoms with Crippen molar-refractivity contribution in [3.05, 3.63) is 24.3 Å². The Kier molecular flexibility index (Phi) is 7.22. The van der Waals surface area contributed by atoms with Crippen LogP contribution in [0.2, 0.25) is 0 Å². The highest BCUT2D eigenvalue weighted by Crippen LogP contribution is 2.28. The van der Waals surface area contributed by atoms with Gasteiger partial charge in [0.2, 0.25) is 5.91 Å². The summed E-state index contributed by atoms with van der Waals surface area (Å²) in [5.74, 6) is -0.116. The molecule has 27 heavy (non-hydrogen) atoms. The van der Waals surface area contributed by atoms with Crippen LogP contribution in [0.4, 0.5) is 18.9 Å². The Bertz CT molecular complexity index is 645. The summed E-state index contributed by atoms with van der Waals surface area (Å²) in [7, 11) is 0. The van der Waals surface area contributed by atoms with Crippen LogP contribution in [-0.4, -0.2) is 44.0 Å². The lowest BCUT2D eigenvalue weighted by Crippen LogP contribution is -2.46. The van der Waals surface area contributed by atoms with E-state index in [-0.39, 0.29) is 36.0 Å². The molecular formula is C18H25ClF3N3O2. The number of nitrogens with zero attached hydrogens (tertiary/aromatic N) is 1. The Morgan fingerprint density at radius 1 is 1.33 bits per heavy atom. The second kappa shape index (κ2) is 9.01. The van der Waals surface area contributed by atoms with E-state index in [4.69, 9.17) is 0 Å². The van der Waals surface area contributed by atoms with Crippen LogP contribution in [-0.2, 0) is 4.79 Å². The first-order valence-electron chi connectivity index (χ1n) is 8.94. The van der Waals surface area contributed by atoms with Crippen LogP contribution < -0.4 is 20.3 Å². The number of piperidine rings is 1. The van der Waals surface area contributed by atoms with Crippen LogP contribution in [0.5, 0.6) is 5.75 Å². The molecule has 9 heteroatoms. The largest absolute Gasteiger partial charge is 0.573 e. The first-order valence-corrected chi connectivity index (χ1v) is 8.94. The van der Waals surface area contributed by atoms with Gasteiger partial charge in [-0.05, 0) is 44.9 Å². The molecule has 3 rings (SSSR count). The molecule has 152 valence electrons. The summed E-state index contributed by atoms with van der Waals surface area (Å²) in [5, 5.41) is 6.43. The molecule has 0 aliphatic carbocycles. The Morgan fingerprint density at radius 2 is 2.11 bits per heavy atom. The van der Waals surface area contributed by atoms with Crippen LogP contribution in [0.15, 0.2) is 24.3 Å². The van der Waals surface area contributed by atoms with Crippen molar-refractivity contribution in [1.29, 1.82) is 0 Å². The average Bonchev–Trinajstić information content (AvgIpc) is 3.02. The number of amides is 1. The second-order valence-corrected chi connectivity index (χ2v) is 7.06. The smallest absolute Gasteiger partial charge is 0.406 e. The van der Waals surface area contributed by atoms with E-state index < -0.39 is 6.36 Å². The normalized spacial score (nSPS) is 25.6. The van der Waals surface area contributed by atoms with Crippen LogP contribution in [0.1, 0.15) is 26.2 Å². The lowest BCUT2D eigenvalue weighted by Gasteiger charge is -2.28. The number of nitrogens with one attached hydrogen (secondary N) is 2. The predicted molar refractivity (Wildman–Crippen MR) is 99.3 cm³/mol. The van der Waals surface area contributed by atoms with E-state index in [2.05, 4.69) is 22.3 Å². The minimum Gasteiger partial charge on any atom is -0.406 e. The van der Waals surface area contributed by atoms with Gasteiger partial charge in [-0.15, -0.1) is 25.6 Å². The number of rotatable bonds is 4. The van der Waals surface area contributed by atoms with Gasteiger partial charge in [-0.1, -0.05) is 6.07 Å². The number of hydrogen-bond donors (Lipinski definition) is 2. The molecule has 2 aliphatic rings. The zero-order valence-electron chi connectivity index (χ0n) is 15.1. The van der Waals surface area contributed by atoms with Gasteiger partial charge < -0.3 is 20.3 Å².